The van der Waals surface area contributed by atoms with Gasteiger partial charge in [0.05, 0.1) is 25.9 Å². The van der Waals surface area contributed by atoms with E-state index < -0.39 is 8.32 Å². The largest absolute Gasteiger partial charge is 0.497 e. The van der Waals surface area contributed by atoms with Crippen LogP contribution in [0.1, 0.15) is 112 Å². The van der Waals surface area contributed by atoms with Gasteiger partial charge in [-0.05, 0) is 98.1 Å². The Morgan fingerprint density at radius 3 is 1.62 bits per heavy atom. The minimum Gasteiger partial charge on any atom is -0.497 e. The van der Waals surface area contributed by atoms with Crippen molar-refractivity contribution in [3.05, 3.63) is 154 Å². The van der Waals surface area contributed by atoms with Gasteiger partial charge in [0.15, 0.2) is 0 Å². The molecule has 0 aliphatic carbocycles. The highest BCUT2D eigenvalue weighted by Gasteiger charge is 2.44. The van der Waals surface area contributed by atoms with Crippen LogP contribution in [0.25, 0.3) is 0 Å². The number of methoxy groups -OCH3 is 1. The number of benzene rings is 4. The Morgan fingerprint density at radius 2 is 1.14 bits per heavy atom. The Bertz CT molecular complexity index is 1720. The third kappa shape index (κ3) is 14.5. The van der Waals surface area contributed by atoms with Gasteiger partial charge in [0.2, 0.25) is 0 Å². The molecule has 4 rings (SSSR count). The number of halogens is 1. The summed E-state index contributed by atoms with van der Waals surface area (Å²) in [6.45, 7) is 16.6. The summed E-state index contributed by atoms with van der Waals surface area (Å²) in [7, 11) is -1.26. The Morgan fingerprint density at radius 1 is 0.638 bits per heavy atom. The van der Waals surface area contributed by atoms with Gasteiger partial charge < -0.3 is 13.9 Å². The molecule has 312 valence electrons. The van der Waals surface area contributed by atoms with Crippen LogP contribution in [-0.4, -0.2) is 27.6 Å². The van der Waals surface area contributed by atoms with Gasteiger partial charge in [-0.25, -0.2) is 0 Å². The van der Waals surface area contributed by atoms with Crippen molar-refractivity contribution in [2.75, 3.05) is 7.11 Å². The molecule has 0 saturated heterocycles. The normalized spacial score (nSPS) is 15.4. The van der Waals surface area contributed by atoms with Crippen molar-refractivity contribution in [2.24, 2.45) is 17.8 Å². The fourth-order valence-corrected chi connectivity index (χ4v) is 13.2. The average molecular weight is 911 g/mol. The van der Waals surface area contributed by atoms with Crippen LogP contribution in [-0.2, 0) is 15.8 Å². The summed E-state index contributed by atoms with van der Waals surface area (Å²) < 4.78 is 21.4. The van der Waals surface area contributed by atoms with Crippen LogP contribution in [0.2, 0.25) is 0 Å². The topological polar surface area (TPSA) is 27.7 Å². The summed E-state index contributed by atoms with van der Waals surface area (Å²) in [5.41, 5.74) is 3.64. The molecule has 0 N–H and O–H groups in total. The molecule has 3 nitrogen and oxygen atoms in total. The molecule has 5 atom stereocenters. The second-order valence-corrected chi connectivity index (χ2v) is 21.5. The summed E-state index contributed by atoms with van der Waals surface area (Å²) in [6, 6.07) is 41.1. The lowest BCUT2D eigenvalue weighted by Gasteiger charge is -2.39. The molecule has 0 heterocycles. The van der Waals surface area contributed by atoms with Crippen LogP contribution >= 0.6 is 22.6 Å². The molecule has 0 aliphatic heterocycles. The molecule has 5 heteroatoms. The van der Waals surface area contributed by atoms with Crippen molar-refractivity contribution in [2.45, 2.75) is 125 Å². The third-order valence-corrected chi connectivity index (χ3v) is 15.8. The Balaban J connectivity index is 1.66. The molecular weight excluding hydrogens is 840 g/mol. The van der Waals surface area contributed by atoms with Crippen molar-refractivity contribution in [1.29, 1.82) is 0 Å². The first-order valence-corrected chi connectivity index (χ1v) is 24.9. The minimum absolute atomic E-state index is 0.0974. The minimum atomic E-state index is -2.98. The average Bonchev–Trinajstić information content (AvgIpc) is 3.23. The Hall–Kier alpha value is -3.23. The van der Waals surface area contributed by atoms with Crippen LogP contribution in [0.5, 0.6) is 5.75 Å². The van der Waals surface area contributed by atoms with Gasteiger partial charge in [0.25, 0.3) is 8.32 Å². The quantitative estimate of drug-likeness (QED) is 0.0218. The van der Waals surface area contributed by atoms with Crippen molar-refractivity contribution in [1.82, 2.24) is 0 Å². The van der Waals surface area contributed by atoms with Gasteiger partial charge in [0, 0.05) is 11.8 Å². The molecule has 0 aliphatic rings. The second-order valence-electron chi connectivity index (χ2n) is 16.5. The number of rotatable bonds is 25. The SMILES string of the molecule is CCCCCCCCCC[C@H](C)[C@@H](OCc1ccc(OC)cc1)[C@@H](C)/C=C(C)/C=C(\C)[C@H](O[Si](c1ccccc1)(c1ccccc1)c1ccccc1)[C@H](C)/C=C(\C)I. The van der Waals surface area contributed by atoms with Crippen LogP contribution < -0.4 is 20.3 Å². The predicted octanol–water partition coefficient (Wildman–Crippen LogP) is 13.3. The van der Waals surface area contributed by atoms with Crippen LogP contribution in [0.15, 0.2) is 148 Å². The highest BCUT2D eigenvalue weighted by Crippen LogP contribution is 2.29. The fraction of sp³-hybridized carbons (Fsp3) is 0.434. The van der Waals surface area contributed by atoms with Gasteiger partial charge >= 0.3 is 0 Å². The maximum Gasteiger partial charge on any atom is 0.288 e. The summed E-state index contributed by atoms with van der Waals surface area (Å²) in [6.07, 6.45) is 19.0. The first-order valence-electron chi connectivity index (χ1n) is 21.9. The summed E-state index contributed by atoms with van der Waals surface area (Å²) in [4.78, 5) is 0. The van der Waals surface area contributed by atoms with E-state index in [2.05, 4.69) is 192 Å². The molecule has 0 spiro atoms. The standard InChI is InChI=1S/C53H71IO3Si/c1-9-10-11-12-13-14-15-19-26-42(3)52(56-40-47-33-35-48(55-8)36-34-47)43(4)37-41(2)38-44(5)53(45(6)39-46(7)54)57-58(49-27-20-16-21-28-49,50-29-22-17-23-30-50)51-31-24-18-25-32-51/h16-18,20-25,27-39,42-43,45,52-53H,9-15,19,26,40H2,1-8H3/b41-37+,44-38+,46-39+/t42-,43-,45+,52+,53-/m0/s1. The van der Waals surface area contributed by atoms with Crippen molar-refractivity contribution < 1.29 is 13.9 Å². The van der Waals surface area contributed by atoms with E-state index in [9.17, 15) is 0 Å². The lowest BCUT2D eigenvalue weighted by molar-refractivity contribution is -0.0193. The molecule has 4 aromatic carbocycles. The number of allylic oxidation sites excluding steroid dienone is 3. The van der Waals surface area contributed by atoms with Crippen LogP contribution in [0.4, 0.5) is 0 Å². The van der Waals surface area contributed by atoms with Gasteiger partial charge in [0.1, 0.15) is 5.75 Å². The summed E-state index contributed by atoms with van der Waals surface area (Å²) in [5.74, 6) is 1.68. The van der Waals surface area contributed by atoms with Crippen LogP contribution in [0.3, 0.4) is 0 Å². The molecule has 58 heavy (non-hydrogen) atoms. The number of hydrogen-bond donors (Lipinski definition) is 0. The maximum absolute atomic E-state index is 7.87. The van der Waals surface area contributed by atoms with E-state index >= 15 is 0 Å². The zero-order valence-corrected chi connectivity index (χ0v) is 39.9. The van der Waals surface area contributed by atoms with E-state index in [4.69, 9.17) is 13.9 Å². The first-order chi connectivity index (χ1) is 28.1. The lowest BCUT2D eigenvalue weighted by Crippen LogP contribution is -2.70. The zero-order valence-electron chi connectivity index (χ0n) is 36.8. The molecule has 4 aromatic rings. The molecule has 0 fully saturated rings. The van der Waals surface area contributed by atoms with Crippen LogP contribution in [0, 0.1) is 17.8 Å². The van der Waals surface area contributed by atoms with E-state index in [-0.39, 0.29) is 24.0 Å². The van der Waals surface area contributed by atoms with Gasteiger partial charge in [-0.15, -0.1) is 0 Å². The molecule has 0 bridgehead atoms. The first kappa shape index (κ1) is 47.4. The number of unbranched alkanes of at least 4 members (excludes halogenated alkanes) is 7. The smallest absolute Gasteiger partial charge is 0.288 e. The van der Waals surface area contributed by atoms with Gasteiger partial charge in [-0.1, -0.05) is 206 Å². The lowest BCUT2D eigenvalue weighted by atomic mass is 9.87. The number of ether oxygens (including phenoxy) is 2. The molecular formula is C53H71IO3Si. The van der Waals surface area contributed by atoms with E-state index in [0.717, 1.165) is 5.75 Å². The predicted molar refractivity (Wildman–Crippen MR) is 260 cm³/mol. The highest BCUT2D eigenvalue weighted by atomic mass is 127. The van der Waals surface area contributed by atoms with E-state index in [0.29, 0.717) is 12.5 Å². The molecule has 0 unspecified atom stereocenters. The summed E-state index contributed by atoms with van der Waals surface area (Å²) in [5, 5.41) is 3.74. The van der Waals surface area contributed by atoms with E-state index in [1.807, 2.05) is 12.1 Å². The number of hydrogen-bond acceptors (Lipinski definition) is 3. The monoisotopic (exact) mass is 910 g/mol. The molecule has 0 amide bonds. The highest BCUT2D eigenvalue weighted by molar-refractivity contribution is 14.1. The molecule has 0 saturated carbocycles. The van der Waals surface area contributed by atoms with Crippen molar-refractivity contribution in [3.8, 4) is 5.75 Å². The summed E-state index contributed by atoms with van der Waals surface area (Å²) >= 11 is 2.44. The Kier molecular flexibility index (Phi) is 20.8. The third-order valence-electron chi connectivity index (χ3n) is 11.4. The fourth-order valence-electron chi connectivity index (χ4n) is 8.49. The maximum atomic E-state index is 7.87. The Labute approximate surface area is 367 Å². The van der Waals surface area contributed by atoms with Gasteiger partial charge in [-0.2, -0.15) is 0 Å². The zero-order chi connectivity index (χ0) is 41.8. The second kappa shape index (κ2) is 25.4. The molecule has 0 radical (unpaired) electrons. The van der Waals surface area contributed by atoms with Gasteiger partial charge in [-0.3, -0.25) is 0 Å². The van der Waals surface area contributed by atoms with Crippen molar-refractivity contribution >= 4 is 46.5 Å². The van der Waals surface area contributed by atoms with E-state index in [1.165, 1.54) is 93.6 Å². The van der Waals surface area contributed by atoms with E-state index in [1.54, 1.807) is 7.11 Å². The molecule has 0 aromatic heterocycles. The van der Waals surface area contributed by atoms with Crippen molar-refractivity contribution in [3.63, 3.8) is 0 Å².